The molecule has 0 aromatic carbocycles. The van der Waals surface area contributed by atoms with Crippen LogP contribution in [0, 0.1) is 0 Å². The lowest BCUT2D eigenvalue weighted by molar-refractivity contribution is -0.120. The van der Waals surface area contributed by atoms with Crippen LogP contribution >= 0.6 is 15.9 Å². The summed E-state index contributed by atoms with van der Waals surface area (Å²) in [5, 5.41) is 5.66. The Morgan fingerprint density at radius 3 is 2.93 bits per heavy atom. The summed E-state index contributed by atoms with van der Waals surface area (Å²) in [7, 11) is 1.63. The molecule has 1 aromatic rings. The van der Waals surface area contributed by atoms with E-state index in [0.717, 1.165) is 10.4 Å². The Balaban J connectivity index is 2.13. The van der Waals surface area contributed by atoms with Gasteiger partial charge < -0.3 is 15.1 Å². The molecule has 0 saturated carbocycles. The van der Waals surface area contributed by atoms with Gasteiger partial charge in [0.05, 0.1) is 6.54 Å². The molecular weight excluding hydrogens is 248 g/mol. The molecule has 14 heavy (non-hydrogen) atoms. The fraction of sp³-hybridized carbons (Fsp3) is 0.444. The second kappa shape index (κ2) is 5.82. The van der Waals surface area contributed by atoms with Gasteiger partial charge in [-0.1, -0.05) is 0 Å². The van der Waals surface area contributed by atoms with E-state index in [0.29, 0.717) is 19.5 Å². The highest BCUT2D eigenvalue weighted by Crippen LogP contribution is 2.13. The highest BCUT2D eigenvalue weighted by atomic mass is 79.9. The fourth-order valence-corrected chi connectivity index (χ4v) is 1.33. The van der Waals surface area contributed by atoms with Crippen LogP contribution in [0.1, 0.15) is 12.2 Å². The Kier molecular flexibility index (Phi) is 4.69. The van der Waals surface area contributed by atoms with E-state index in [9.17, 15) is 4.79 Å². The molecule has 5 heteroatoms. The van der Waals surface area contributed by atoms with E-state index in [2.05, 4.69) is 26.6 Å². The molecule has 0 fully saturated rings. The summed E-state index contributed by atoms with van der Waals surface area (Å²) in [6.45, 7) is 1.29. The second-order valence-corrected chi connectivity index (χ2v) is 3.59. The van der Waals surface area contributed by atoms with Gasteiger partial charge >= 0.3 is 0 Å². The van der Waals surface area contributed by atoms with E-state index in [4.69, 9.17) is 4.42 Å². The van der Waals surface area contributed by atoms with E-state index >= 15 is 0 Å². The van der Waals surface area contributed by atoms with Crippen molar-refractivity contribution >= 4 is 21.8 Å². The van der Waals surface area contributed by atoms with Gasteiger partial charge in [0.1, 0.15) is 5.76 Å². The van der Waals surface area contributed by atoms with Crippen LogP contribution in [0.3, 0.4) is 0 Å². The Morgan fingerprint density at radius 1 is 1.57 bits per heavy atom. The molecule has 0 radical (unpaired) electrons. The third-order valence-corrected chi connectivity index (χ3v) is 2.16. The number of carbonyl (C=O) groups excluding carboxylic acids is 1. The summed E-state index contributed by atoms with van der Waals surface area (Å²) >= 11 is 3.22. The zero-order valence-corrected chi connectivity index (χ0v) is 9.56. The minimum Gasteiger partial charge on any atom is -0.453 e. The van der Waals surface area contributed by atoms with E-state index in [-0.39, 0.29) is 5.91 Å². The molecule has 0 saturated heterocycles. The van der Waals surface area contributed by atoms with Crippen LogP contribution in [0.15, 0.2) is 21.2 Å². The van der Waals surface area contributed by atoms with Crippen molar-refractivity contribution in [2.45, 2.75) is 13.0 Å². The van der Waals surface area contributed by atoms with Crippen LogP contribution in [0.25, 0.3) is 0 Å². The molecule has 78 valence electrons. The van der Waals surface area contributed by atoms with E-state index in [1.807, 2.05) is 12.1 Å². The zero-order valence-electron chi connectivity index (χ0n) is 7.97. The van der Waals surface area contributed by atoms with Crippen molar-refractivity contribution in [3.05, 3.63) is 22.6 Å². The van der Waals surface area contributed by atoms with Gasteiger partial charge in [0.15, 0.2) is 4.67 Å². The van der Waals surface area contributed by atoms with E-state index in [1.54, 1.807) is 7.05 Å². The fourth-order valence-electron chi connectivity index (χ4n) is 0.985. The first kappa shape index (κ1) is 11.3. The van der Waals surface area contributed by atoms with E-state index < -0.39 is 0 Å². The molecule has 0 aliphatic carbocycles. The van der Waals surface area contributed by atoms with Crippen LogP contribution < -0.4 is 10.6 Å². The van der Waals surface area contributed by atoms with Gasteiger partial charge in [-0.25, -0.2) is 0 Å². The van der Waals surface area contributed by atoms with E-state index in [1.165, 1.54) is 0 Å². The summed E-state index contributed by atoms with van der Waals surface area (Å²) in [4.78, 5) is 10.8. The highest BCUT2D eigenvalue weighted by molar-refractivity contribution is 9.10. The Hall–Kier alpha value is -0.810. The predicted octanol–water partition coefficient (Wildman–Crippen LogP) is 1.27. The third kappa shape index (κ3) is 3.93. The normalized spacial score (nSPS) is 10.1. The molecular formula is C9H13BrN2O2. The number of halogens is 1. The quantitative estimate of drug-likeness (QED) is 0.785. The monoisotopic (exact) mass is 260 g/mol. The first-order valence-electron chi connectivity index (χ1n) is 4.38. The smallest absolute Gasteiger partial charge is 0.221 e. The van der Waals surface area contributed by atoms with Crippen molar-refractivity contribution in [1.29, 1.82) is 0 Å². The number of hydrogen-bond acceptors (Lipinski definition) is 3. The number of hydrogen-bond donors (Lipinski definition) is 2. The van der Waals surface area contributed by atoms with Gasteiger partial charge in [-0.15, -0.1) is 0 Å². The van der Waals surface area contributed by atoms with Crippen LogP contribution in [0.4, 0.5) is 0 Å². The van der Waals surface area contributed by atoms with Crippen LogP contribution in [-0.2, 0) is 11.3 Å². The molecule has 0 spiro atoms. The van der Waals surface area contributed by atoms with Crippen molar-refractivity contribution in [3.63, 3.8) is 0 Å². The average Bonchev–Trinajstić information content (AvgIpc) is 2.58. The topological polar surface area (TPSA) is 54.3 Å². The molecule has 2 N–H and O–H groups in total. The van der Waals surface area contributed by atoms with Gasteiger partial charge in [0, 0.05) is 20.0 Å². The van der Waals surface area contributed by atoms with Gasteiger partial charge in [-0.2, -0.15) is 0 Å². The van der Waals surface area contributed by atoms with Crippen molar-refractivity contribution in [1.82, 2.24) is 10.6 Å². The largest absolute Gasteiger partial charge is 0.453 e. The maximum atomic E-state index is 10.8. The summed E-state index contributed by atoms with van der Waals surface area (Å²) in [6, 6.07) is 3.73. The number of carbonyl (C=O) groups is 1. The molecule has 0 atom stereocenters. The van der Waals surface area contributed by atoms with Gasteiger partial charge in [-0.3, -0.25) is 4.79 Å². The lowest BCUT2D eigenvalue weighted by Gasteiger charge is -2.01. The van der Waals surface area contributed by atoms with Crippen molar-refractivity contribution in [2.75, 3.05) is 13.6 Å². The van der Waals surface area contributed by atoms with Crippen LogP contribution in [0.5, 0.6) is 0 Å². The lowest BCUT2D eigenvalue weighted by atomic mass is 10.4. The molecule has 1 rings (SSSR count). The Labute approximate surface area is 91.2 Å². The average molecular weight is 261 g/mol. The predicted molar refractivity (Wildman–Crippen MR) is 56.8 cm³/mol. The van der Waals surface area contributed by atoms with Crippen molar-refractivity contribution < 1.29 is 9.21 Å². The van der Waals surface area contributed by atoms with Crippen molar-refractivity contribution in [3.8, 4) is 0 Å². The van der Waals surface area contributed by atoms with Crippen LogP contribution in [-0.4, -0.2) is 19.5 Å². The SMILES string of the molecule is CNC(=O)CCNCc1ccc(Br)o1. The van der Waals surface area contributed by atoms with Gasteiger partial charge in [0.2, 0.25) is 5.91 Å². The minimum absolute atomic E-state index is 0.0399. The zero-order chi connectivity index (χ0) is 10.4. The maximum absolute atomic E-state index is 10.8. The first-order valence-corrected chi connectivity index (χ1v) is 5.17. The summed E-state index contributed by atoms with van der Waals surface area (Å²) in [5.41, 5.74) is 0. The van der Waals surface area contributed by atoms with Gasteiger partial charge in [-0.05, 0) is 28.1 Å². The molecule has 1 aromatic heterocycles. The maximum Gasteiger partial charge on any atom is 0.221 e. The standard InChI is InChI=1S/C9H13BrN2O2/c1-11-9(13)4-5-12-6-7-2-3-8(10)14-7/h2-3,12H,4-6H2,1H3,(H,11,13). The summed E-state index contributed by atoms with van der Waals surface area (Å²) in [5.74, 6) is 0.895. The Bertz CT molecular complexity index is 299. The molecule has 0 aliphatic rings. The first-order chi connectivity index (χ1) is 6.72. The summed E-state index contributed by atoms with van der Waals surface area (Å²) < 4.78 is 5.99. The summed E-state index contributed by atoms with van der Waals surface area (Å²) in [6.07, 6.45) is 0.485. The molecule has 0 unspecified atom stereocenters. The highest BCUT2D eigenvalue weighted by Gasteiger charge is 2.00. The number of rotatable bonds is 5. The molecule has 1 amide bonds. The second-order valence-electron chi connectivity index (χ2n) is 2.81. The Morgan fingerprint density at radius 2 is 2.36 bits per heavy atom. The molecule has 0 bridgehead atoms. The number of furan rings is 1. The molecule has 1 heterocycles. The number of amides is 1. The minimum atomic E-state index is 0.0399. The lowest BCUT2D eigenvalue weighted by Crippen LogP contribution is -2.24. The van der Waals surface area contributed by atoms with Crippen LogP contribution in [0.2, 0.25) is 0 Å². The molecule has 0 aliphatic heterocycles. The molecule has 4 nitrogen and oxygen atoms in total. The number of nitrogens with one attached hydrogen (secondary N) is 2. The van der Waals surface area contributed by atoms with Crippen molar-refractivity contribution in [2.24, 2.45) is 0 Å². The van der Waals surface area contributed by atoms with Gasteiger partial charge in [0.25, 0.3) is 0 Å². The third-order valence-electron chi connectivity index (χ3n) is 1.74.